The molecule has 6 aromatic rings. The molecule has 234 valence electrons. The molecule has 0 radical (unpaired) electrons. The van der Waals surface area contributed by atoms with Gasteiger partial charge in [0.15, 0.2) is 0 Å². The third-order valence-electron chi connectivity index (χ3n) is 11.9. The zero-order valence-corrected chi connectivity index (χ0v) is 27.6. The van der Waals surface area contributed by atoms with Crippen molar-refractivity contribution in [2.24, 2.45) is 0 Å². The number of fused-ring (bicyclic) bond motifs is 8. The van der Waals surface area contributed by atoms with E-state index >= 15 is 0 Å². The molecule has 5 aliphatic rings. The molecule has 6 aromatic carbocycles. The van der Waals surface area contributed by atoms with E-state index in [1.54, 1.807) is 11.1 Å². The predicted octanol–water partition coefficient (Wildman–Crippen LogP) is 12.3. The van der Waals surface area contributed by atoms with Crippen LogP contribution in [0, 0.1) is 0 Å². The van der Waals surface area contributed by atoms with Crippen LogP contribution in [-0.2, 0) is 17.6 Å². The van der Waals surface area contributed by atoms with E-state index in [-0.39, 0.29) is 5.92 Å². The van der Waals surface area contributed by atoms with Gasteiger partial charge in [0.2, 0.25) is 0 Å². The van der Waals surface area contributed by atoms with Crippen LogP contribution in [0.5, 0.6) is 0 Å². The summed E-state index contributed by atoms with van der Waals surface area (Å²) in [4.78, 5) is 0. The van der Waals surface area contributed by atoms with Gasteiger partial charge in [-0.25, -0.2) is 0 Å². The Morgan fingerprint density at radius 2 is 1.24 bits per heavy atom. The van der Waals surface area contributed by atoms with Crippen molar-refractivity contribution in [3.8, 4) is 22.3 Å². The van der Waals surface area contributed by atoms with Gasteiger partial charge in [-0.2, -0.15) is 0 Å². The van der Waals surface area contributed by atoms with Crippen molar-refractivity contribution in [2.45, 2.75) is 44.4 Å². The topological polar surface area (TPSA) is 9.23 Å². The Bertz CT molecular complexity index is 2540. The van der Waals surface area contributed by atoms with Crippen LogP contribution in [0.4, 0.5) is 0 Å². The molecule has 1 nitrogen and oxygen atoms in total. The van der Waals surface area contributed by atoms with Crippen LogP contribution in [0.2, 0.25) is 0 Å². The summed E-state index contributed by atoms with van der Waals surface area (Å²) in [5.41, 5.74) is 16.9. The molecule has 0 N–H and O–H groups in total. The van der Waals surface area contributed by atoms with Crippen molar-refractivity contribution < 1.29 is 4.74 Å². The second-order valence-electron chi connectivity index (χ2n) is 14.6. The highest BCUT2D eigenvalue weighted by Gasteiger charge is 2.29. The molecule has 0 spiro atoms. The minimum absolute atomic E-state index is 0.264. The van der Waals surface area contributed by atoms with Crippen LogP contribution in [0.25, 0.3) is 54.6 Å². The molecular weight excluding hydrogens is 593 g/mol. The minimum atomic E-state index is 0.264. The highest BCUT2D eigenvalue weighted by molar-refractivity contribution is 6.23. The summed E-state index contributed by atoms with van der Waals surface area (Å²) in [6.07, 6.45) is 16.7. The molecule has 1 atom stereocenters. The maximum Gasteiger partial charge on any atom is 0.123 e. The van der Waals surface area contributed by atoms with Crippen LogP contribution in [0.3, 0.4) is 0 Å². The normalized spacial score (nSPS) is 19.2. The van der Waals surface area contributed by atoms with Crippen LogP contribution in [-0.4, -0.2) is 6.61 Å². The van der Waals surface area contributed by atoms with Gasteiger partial charge in [-0.3, -0.25) is 0 Å². The van der Waals surface area contributed by atoms with E-state index < -0.39 is 0 Å². The zero-order valence-electron chi connectivity index (χ0n) is 27.6. The van der Waals surface area contributed by atoms with Crippen molar-refractivity contribution >= 4 is 32.3 Å². The molecule has 4 aliphatic carbocycles. The first-order valence-electron chi connectivity index (χ1n) is 18.0. The summed E-state index contributed by atoms with van der Waals surface area (Å²) in [7, 11) is 0. The van der Waals surface area contributed by atoms with Crippen molar-refractivity contribution in [1.29, 1.82) is 0 Å². The zero-order chi connectivity index (χ0) is 32.1. The molecule has 0 aromatic heterocycles. The molecule has 1 fully saturated rings. The summed E-state index contributed by atoms with van der Waals surface area (Å²) in [5, 5.41) is 7.89. The van der Waals surface area contributed by atoms with Crippen LogP contribution in [0.15, 0.2) is 161 Å². The quantitative estimate of drug-likeness (QED) is 0.177. The van der Waals surface area contributed by atoms with E-state index in [4.69, 9.17) is 4.74 Å². The molecule has 1 unspecified atom stereocenters. The highest BCUT2D eigenvalue weighted by atomic mass is 16.5. The van der Waals surface area contributed by atoms with Gasteiger partial charge in [0.1, 0.15) is 12.4 Å². The lowest BCUT2D eigenvalue weighted by Gasteiger charge is -2.29. The molecule has 1 saturated carbocycles. The molecule has 49 heavy (non-hydrogen) atoms. The van der Waals surface area contributed by atoms with Gasteiger partial charge < -0.3 is 4.74 Å². The Morgan fingerprint density at radius 1 is 0.571 bits per heavy atom. The predicted molar refractivity (Wildman–Crippen MR) is 204 cm³/mol. The SMILES string of the molecule is C1=C2CCC(=CC3=C1COC1=CC(c4ccc(-c5c6ccccc6c(-c6ccc7c(c6)CC7)c6ccccc56)c5ccccc45)CC=C13)C2. The van der Waals surface area contributed by atoms with Crippen LogP contribution in [0.1, 0.15) is 48.3 Å². The Balaban J connectivity index is 1.07. The number of benzene rings is 6. The van der Waals surface area contributed by atoms with Crippen molar-refractivity contribution in [1.82, 2.24) is 0 Å². The number of rotatable bonds is 3. The maximum atomic E-state index is 6.49. The Kier molecular flexibility index (Phi) is 5.93. The number of allylic oxidation sites excluding steroid dienone is 6. The lowest BCUT2D eigenvalue weighted by Crippen LogP contribution is -2.15. The van der Waals surface area contributed by atoms with E-state index in [1.807, 2.05) is 0 Å². The fourth-order valence-corrected chi connectivity index (χ4v) is 9.40. The first kappa shape index (κ1) is 27.5. The van der Waals surface area contributed by atoms with Gasteiger partial charge in [-0.1, -0.05) is 133 Å². The molecule has 1 heteroatoms. The second kappa shape index (κ2) is 10.5. The van der Waals surface area contributed by atoms with Gasteiger partial charge in [-0.15, -0.1) is 0 Å². The van der Waals surface area contributed by atoms with E-state index in [1.165, 1.54) is 114 Å². The lowest BCUT2D eigenvalue weighted by atomic mass is 9.80. The standard InChI is InChI=1S/C48H36O/c1-2-8-38-37(7-1)36(33-19-20-39-45-25-30-14-13-29(23-30)24-35(45)28-49-46(39)27-33)21-22-44(38)48-42-11-5-3-9-40(42)47(41-10-4-6-12-43(41)48)34-18-16-31-15-17-32(31)26-34/h1-12,16,18,20-22,24-27,33H,13-15,17,19,23,28H2. The summed E-state index contributed by atoms with van der Waals surface area (Å²) >= 11 is 0. The van der Waals surface area contributed by atoms with E-state index in [0.29, 0.717) is 6.61 Å². The Hall–Kier alpha value is -5.40. The third-order valence-corrected chi connectivity index (χ3v) is 11.9. The number of ether oxygens (including phenoxy) is 1. The first-order valence-corrected chi connectivity index (χ1v) is 18.0. The summed E-state index contributed by atoms with van der Waals surface area (Å²) in [6.45, 7) is 0.666. The number of aryl methyl sites for hydroxylation is 2. The van der Waals surface area contributed by atoms with Crippen molar-refractivity contribution in [2.75, 3.05) is 6.61 Å². The number of hydrogen-bond donors (Lipinski definition) is 0. The average Bonchev–Trinajstić information content (AvgIpc) is 3.49. The van der Waals surface area contributed by atoms with Crippen molar-refractivity contribution in [3.05, 3.63) is 178 Å². The average molecular weight is 629 g/mol. The molecule has 2 bridgehead atoms. The molecule has 0 amide bonds. The lowest BCUT2D eigenvalue weighted by molar-refractivity contribution is 0.239. The Labute approximate surface area is 287 Å². The smallest absolute Gasteiger partial charge is 0.123 e. The number of hydrogen-bond acceptors (Lipinski definition) is 1. The van der Waals surface area contributed by atoms with Crippen LogP contribution < -0.4 is 0 Å². The molecule has 0 saturated heterocycles. The van der Waals surface area contributed by atoms with Gasteiger partial charge in [0, 0.05) is 11.5 Å². The van der Waals surface area contributed by atoms with Gasteiger partial charge in [0.05, 0.1) is 0 Å². The first-order chi connectivity index (χ1) is 24.3. The Morgan fingerprint density at radius 3 is 1.96 bits per heavy atom. The molecule has 1 aliphatic heterocycles. The van der Waals surface area contributed by atoms with Gasteiger partial charge in [0.25, 0.3) is 0 Å². The van der Waals surface area contributed by atoms with Crippen molar-refractivity contribution in [3.63, 3.8) is 0 Å². The molecule has 11 rings (SSSR count). The molecular formula is C48H36O. The third kappa shape index (κ3) is 4.18. The van der Waals surface area contributed by atoms with Crippen LogP contribution >= 0.6 is 0 Å². The van der Waals surface area contributed by atoms with E-state index in [9.17, 15) is 0 Å². The largest absolute Gasteiger partial charge is 0.489 e. The summed E-state index contributed by atoms with van der Waals surface area (Å²) in [6, 6.07) is 39.1. The maximum absolute atomic E-state index is 6.49. The fraction of sp³-hybridized carbons (Fsp3) is 0.167. The monoisotopic (exact) mass is 628 g/mol. The second-order valence-corrected chi connectivity index (χ2v) is 14.6. The van der Waals surface area contributed by atoms with E-state index in [0.717, 1.165) is 18.6 Å². The molecule has 1 heterocycles. The summed E-state index contributed by atoms with van der Waals surface area (Å²) < 4.78 is 6.49. The summed E-state index contributed by atoms with van der Waals surface area (Å²) in [5.74, 6) is 1.32. The van der Waals surface area contributed by atoms with E-state index in [2.05, 4.69) is 127 Å². The highest BCUT2D eigenvalue weighted by Crippen LogP contribution is 2.48. The minimum Gasteiger partial charge on any atom is -0.489 e. The van der Waals surface area contributed by atoms with Gasteiger partial charge in [-0.05, 0) is 127 Å². The van der Waals surface area contributed by atoms with Gasteiger partial charge >= 0.3 is 0 Å². The fourth-order valence-electron chi connectivity index (χ4n) is 9.40.